The molecule has 0 fully saturated rings. The van der Waals surface area contributed by atoms with Crippen molar-refractivity contribution in [3.8, 4) is 5.75 Å². The first kappa shape index (κ1) is 27.5. The fraction of sp³-hybridized carbons (Fsp3) is 0.462. The highest BCUT2D eigenvalue weighted by Gasteiger charge is 2.21. The van der Waals surface area contributed by atoms with E-state index in [9.17, 15) is 18.0 Å². The minimum absolute atomic E-state index is 0.0370. The summed E-state index contributed by atoms with van der Waals surface area (Å²) in [5, 5.41) is 3.72. The van der Waals surface area contributed by atoms with Gasteiger partial charge in [-0.2, -0.15) is 0 Å². The van der Waals surface area contributed by atoms with E-state index in [0.717, 1.165) is 29.4 Å². The number of rotatable bonds is 12. The van der Waals surface area contributed by atoms with Gasteiger partial charge in [-0.25, -0.2) is 12.7 Å². The summed E-state index contributed by atoms with van der Waals surface area (Å²) in [6.07, 6.45) is 1.49. The summed E-state index contributed by atoms with van der Waals surface area (Å²) >= 11 is 0. The molecule has 196 valence electrons. The van der Waals surface area contributed by atoms with Crippen LogP contribution >= 0.6 is 0 Å². The summed E-state index contributed by atoms with van der Waals surface area (Å²) in [4.78, 5) is 28.5. The summed E-state index contributed by atoms with van der Waals surface area (Å²) in [7, 11) is -1.71. The third-order valence-electron chi connectivity index (χ3n) is 6.48. The number of nitrogens with one attached hydrogen (secondary N) is 2. The van der Waals surface area contributed by atoms with Crippen LogP contribution in [0, 0.1) is 13.8 Å². The zero-order valence-corrected chi connectivity index (χ0v) is 22.5. The second-order valence-electron chi connectivity index (χ2n) is 8.74. The number of hydrogen-bond acceptors (Lipinski definition) is 5. The van der Waals surface area contributed by atoms with Crippen LogP contribution in [0.3, 0.4) is 0 Å². The van der Waals surface area contributed by atoms with Crippen molar-refractivity contribution >= 4 is 26.8 Å². The van der Waals surface area contributed by atoms with Gasteiger partial charge in [0, 0.05) is 41.9 Å². The van der Waals surface area contributed by atoms with Crippen LogP contribution in [0.4, 0.5) is 0 Å². The van der Waals surface area contributed by atoms with Crippen LogP contribution in [-0.2, 0) is 23.1 Å². The fourth-order valence-corrected chi connectivity index (χ4v) is 5.70. The molecule has 2 aromatic heterocycles. The van der Waals surface area contributed by atoms with Gasteiger partial charge in [-0.15, -0.1) is 0 Å². The van der Waals surface area contributed by atoms with Crippen LogP contribution in [0.25, 0.3) is 10.9 Å². The Morgan fingerprint density at radius 2 is 1.89 bits per heavy atom. The first-order valence-electron chi connectivity index (χ1n) is 12.2. The Labute approximate surface area is 212 Å². The van der Waals surface area contributed by atoms with Crippen LogP contribution in [0.2, 0.25) is 0 Å². The quantitative estimate of drug-likeness (QED) is 0.359. The van der Waals surface area contributed by atoms with E-state index in [0.29, 0.717) is 42.2 Å². The molecule has 9 nitrogen and oxygen atoms in total. The van der Waals surface area contributed by atoms with Gasteiger partial charge in [0.25, 0.3) is 11.5 Å². The van der Waals surface area contributed by atoms with Crippen LogP contribution in [0.15, 0.2) is 35.1 Å². The van der Waals surface area contributed by atoms with Crippen LogP contribution < -0.4 is 15.6 Å². The number of amides is 1. The van der Waals surface area contributed by atoms with Crippen LogP contribution in [0.5, 0.6) is 5.75 Å². The second kappa shape index (κ2) is 11.7. The van der Waals surface area contributed by atoms with Crippen molar-refractivity contribution in [2.24, 2.45) is 0 Å². The number of aromatic nitrogens is 2. The third-order valence-corrected chi connectivity index (χ3v) is 8.44. The average Bonchev–Trinajstić information content (AvgIpc) is 3.13. The normalized spacial score (nSPS) is 11.8. The molecule has 1 amide bonds. The lowest BCUT2D eigenvalue weighted by atomic mass is 10.1. The molecule has 2 heterocycles. The van der Waals surface area contributed by atoms with Gasteiger partial charge in [0.2, 0.25) is 10.0 Å². The van der Waals surface area contributed by atoms with Gasteiger partial charge < -0.3 is 19.6 Å². The zero-order valence-electron chi connectivity index (χ0n) is 21.7. The van der Waals surface area contributed by atoms with Gasteiger partial charge in [0.15, 0.2) is 0 Å². The first-order valence-corrected chi connectivity index (χ1v) is 13.9. The number of benzene rings is 1. The van der Waals surface area contributed by atoms with E-state index in [1.54, 1.807) is 19.9 Å². The number of H-pyrrole nitrogens is 1. The number of fused-ring (bicyclic) bond motifs is 1. The molecule has 0 unspecified atom stereocenters. The number of nitrogens with zero attached hydrogens (tertiary/aromatic N) is 2. The standard InChI is InChI=1S/C26H36N4O5S/c1-6-29(36(33,34)7-2)14-10-11-15-30-19(4)24(20-12-8-9-13-22(20)30)26(32)27-17-21-23(35-5)16-18(3)28-25(21)31/h8-9,12-13,16H,6-7,10-11,14-15,17H2,1-5H3,(H,27,32)(H,28,31). The van der Waals surface area contributed by atoms with Crippen molar-refractivity contribution < 1.29 is 17.9 Å². The number of sulfonamides is 1. The minimum atomic E-state index is -3.21. The fourth-order valence-electron chi connectivity index (χ4n) is 4.53. The topological polar surface area (TPSA) is 114 Å². The number of hydrogen-bond donors (Lipinski definition) is 2. The smallest absolute Gasteiger partial charge is 0.256 e. The molecule has 0 aliphatic heterocycles. The number of methoxy groups -OCH3 is 1. The van der Waals surface area contributed by atoms with Crippen molar-refractivity contribution in [1.82, 2.24) is 19.2 Å². The van der Waals surface area contributed by atoms with E-state index < -0.39 is 10.0 Å². The Balaban J connectivity index is 1.78. The maximum Gasteiger partial charge on any atom is 0.256 e. The highest BCUT2D eigenvalue weighted by Crippen LogP contribution is 2.27. The third kappa shape index (κ3) is 5.82. The predicted molar refractivity (Wildman–Crippen MR) is 142 cm³/mol. The zero-order chi connectivity index (χ0) is 26.5. The maximum atomic E-state index is 13.3. The van der Waals surface area contributed by atoms with Crippen LogP contribution in [-0.4, -0.2) is 54.1 Å². The number of carbonyl (C=O) groups is 1. The lowest BCUT2D eigenvalue weighted by Gasteiger charge is -2.19. The molecule has 0 saturated carbocycles. The van der Waals surface area contributed by atoms with E-state index in [4.69, 9.17) is 4.74 Å². The summed E-state index contributed by atoms with van der Waals surface area (Å²) in [5.41, 5.74) is 3.08. The highest BCUT2D eigenvalue weighted by molar-refractivity contribution is 7.89. The van der Waals surface area contributed by atoms with E-state index in [1.807, 2.05) is 38.1 Å². The molecular weight excluding hydrogens is 480 g/mol. The molecule has 0 aliphatic carbocycles. The molecule has 1 aromatic carbocycles. The van der Waals surface area contributed by atoms with Gasteiger partial charge in [-0.05, 0) is 45.7 Å². The Morgan fingerprint density at radius 3 is 2.56 bits per heavy atom. The number of carbonyl (C=O) groups excluding carboxylic acids is 1. The Morgan fingerprint density at radius 1 is 1.17 bits per heavy atom. The highest BCUT2D eigenvalue weighted by atomic mass is 32.2. The van der Waals surface area contributed by atoms with Crippen molar-refractivity contribution in [2.75, 3.05) is 26.0 Å². The van der Waals surface area contributed by atoms with E-state index >= 15 is 0 Å². The summed E-state index contributed by atoms with van der Waals surface area (Å²) in [6.45, 7) is 8.82. The first-order chi connectivity index (χ1) is 17.1. The number of pyridine rings is 1. The number of para-hydroxylation sites is 1. The number of aryl methyl sites for hydroxylation is 2. The molecule has 0 bridgehead atoms. The number of aromatic amines is 1. The maximum absolute atomic E-state index is 13.3. The van der Waals surface area contributed by atoms with E-state index in [2.05, 4.69) is 14.9 Å². The molecule has 36 heavy (non-hydrogen) atoms. The van der Waals surface area contributed by atoms with Crippen LogP contribution in [0.1, 0.15) is 54.0 Å². The minimum Gasteiger partial charge on any atom is -0.496 e. The molecule has 3 rings (SSSR count). The lowest BCUT2D eigenvalue weighted by Crippen LogP contribution is -2.33. The Kier molecular flexibility index (Phi) is 8.97. The van der Waals surface area contributed by atoms with Crippen molar-refractivity contribution in [1.29, 1.82) is 0 Å². The van der Waals surface area contributed by atoms with E-state index in [-0.39, 0.29) is 23.8 Å². The molecule has 0 atom stereocenters. The van der Waals surface area contributed by atoms with Crippen molar-refractivity contribution in [2.45, 2.75) is 53.6 Å². The summed E-state index contributed by atoms with van der Waals surface area (Å²) in [6, 6.07) is 9.45. The Hall–Kier alpha value is -3.11. The van der Waals surface area contributed by atoms with Crippen molar-refractivity contribution in [3.05, 3.63) is 63.2 Å². The summed E-state index contributed by atoms with van der Waals surface area (Å²) < 4.78 is 33.3. The monoisotopic (exact) mass is 516 g/mol. The lowest BCUT2D eigenvalue weighted by molar-refractivity contribution is 0.0951. The average molecular weight is 517 g/mol. The summed E-state index contributed by atoms with van der Waals surface area (Å²) in [5.74, 6) is 0.263. The molecule has 0 saturated heterocycles. The van der Waals surface area contributed by atoms with Gasteiger partial charge in [0.05, 0.1) is 30.5 Å². The molecule has 10 heteroatoms. The predicted octanol–water partition coefficient (Wildman–Crippen LogP) is 3.34. The molecule has 0 spiro atoms. The van der Waals surface area contributed by atoms with Gasteiger partial charge in [0.1, 0.15) is 5.75 Å². The second-order valence-corrected chi connectivity index (χ2v) is 11.0. The number of ether oxygens (including phenoxy) is 1. The van der Waals surface area contributed by atoms with Gasteiger partial charge in [-0.3, -0.25) is 9.59 Å². The molecule has 2 N–H and O–H groups in total. The van der Waals surface area contributed by atoms with E-state index in [1.165, 1.54) is 11.4 Å². The van der Waals surface area contributed by atoms with Gasteiger partial charge in [-0.1, -0.05) is 25.1 Å². The largest absolute Gasteiger partial charge is 0.496 e. The molecule has 3 aromatic rings. The number of unbranched alkanes of at least 4 members (excludes halogenated alkanes) is 1. The Bertz CT molecular complexity index is 1390. The molecule has 0 aliphatic rings. The van der Waals surface area contributed by atoms with Crippen molar-refractivity contribution in [3.63, 3.8) is 0 Å². The molecular formula is C26H36N4O5S. The SMILES string of the molecule is CCN(CCCCn1c(C)c(C(=O)NCc2c(OC)cc(C)[nH]c2=O)c2ccccc21)S(=O)(=O)CC. The van der Waals surface area contributed by atoms with Gasteiger partial charge >= 0.3 is 0 Å². The molecule has 0 radical (unpaired) electrons.